The molecule has 9 atom stereocenters. The minimum atomic E-state index is -1.40. The van der Waals surface area contributed by atoms with Crippen molar-refractivity contribution in [1.82, 2.24) is 14.7 Å². The topological polar surface area (TPSA) is 101 Å². The molecule has 1 unspecified atom stereocenters. The molecule has 1 N–H and O–H groups in total. The normalized spacial score (nSPS) is 38.4. The second kappa shape index (κ2) is 15.8. The Morgan fingerprint density at radius 1 is 1.09 bits per heavy atom. The van der Waals surface area contributed by atoms with Gasteiger partial charge < -0.3 is 33.9 Å². The number of aliphatic hydroxyl groups is 1. The van der Waals surface area contributed by atoms with Crippen molar-refractivity contribution >= 4 is 11.8 Å². The Kier molecular flexibility index (Phi) is 13.5. The maximum atomic E-state index is 14.3. The standard InChI is InChI=1S/C35H65N3O7/c1-13-14-38-18-23(4)16-35(9,42-12)31(45-32-29(39)27(36(10)11)15-24(5)44-32)25(6)30(40)34(7,8)33(41)43-21-28(38)26-19-37(20-26)17-22(2)3/h22-29,31-32,39H,13-21H2,1-12H3/t23-,24-,25+,27+,28?,29-,31-,32+,35-/m1/s1. The molecule has 10 nitrogen and oxygen atoms in total. The van der Waals surface area contributed by atoms with E-state index in [4.69, 9.17) is 18.9 Å². The first-order chi connectivity index (χ1) is 20.9. The molecule has 10 heteroatoms. The number of ether oxygens (including phenoxy) is 4. The van der Waals surface area contributed by atoms with Crippen molar-refractivity contribution in [2.75, 3.05) is 60.5 Å². The Morgan fingerprint density at radius 2 is 1.73 bits per heavy atom. The molecule has 0 aliphatic carbocycles. The van der Waals surface area contributed by atoms with Gasteiger partial charge in [0.15, 0.2) is 12.1 Å². The lowest BCUT2D eigenvalue weighted by molar-refractivity contribution is -0.295. The van der Waals surface area contributed by atoms with Crippen LogP contribution in [0.4, 0.5) is 0 Å². The Hall–Kier alpha value is -1.14. The summed E-state index contributed by atoms with van der Waals surface area (Å²) >= 11 is 0. The second-order valence-electron chi connectivity index (χ2n) is 15.8. The fourth-order valence-corrected chi connectivity index (χ4v) is 7.95. The molecule has 3 saturated heterocycles. The van der Waals surface area contributed by atoms with Crippen LogP contribution in [0.2, 0.25) is 0 Å². The number of Topliss-reactive ketones (excluding diaryl/α,β-unsaturated/α-hetero) is 1. The Morgan fingerprint density at radius 3 is 2.29 bits per heavy atom. The maximum Gasteiger partial charge on any atom is 0.319 e. The summed E-state index contributed by atoms with van der Waals surface area (Å²) in [5.41, 5.74) is -2.30. The first kappa shape index (κ1) is 38.3. The van der Waals surface area contributed by atoms with Gasteiger partial charge in [0, 0.05) is 57.2 Å². The van der Waals surface area contributed by atoms with E-state index in [-0.39, 0.29) is 36.5 Å². The number of methoxy groups -OCH3 is 1. The van der Waals surface area contributed by atoms with Gasteiger partial charge in [0.05, 0.1) is 17.8 Å². The van der Waals surface area contributed by atoms with Crippen LogP contribution in [0, 0.1) is 29.1 Å². The van der Waals surface area contributed by atoms with Gasteiger partial charge in [0.1, 0.15) is 18.1 Å². The number of nitrogens with zero attached hydrogens (tertiary/aromatic N) is 3. The third-order valence-electron chi connectivity index (χ3n) is 10.4. The van der Waals surface area contributed by atoms with E-state index in [1.165, 1.54) is 0 Å². The van der Waals surface area contributed by atoms with Gasteiger partial charge >= 0.3 is 5.97 Å². The molecule has 3 aliphatic heterocycles. The van der Waals surface area contributed by atoms with Crippen molar-refractivity contribution in [3.05, 3.63) is 0 Å². The van der Waals surface area contributed by atoms with Crippen molar-refractivity contribution in [3.63, 3.8) is 0 Å². The van der Waals surface area contributed by atoms with E-state index in [9.17, 15) is 14.7 Å². The lowest BCUT2D eigenvalue weighted by Crippen LogP contribution is -2.60. The highest BCUT2D eigenvalue weighted by Crippen LogP contribution is 2.39. The van der Waals surface area contributed by atoms with Crippen LogP contribution in [0.5, 0.6) is 0 Å². The molecule has 3 fully saturated rings. The molecular weight excluding hydrogens is 574 g/mol. The summed E-state index contributed by atoms with van der Waals surface area (Å²) in [6.45, 7) is 22.9. The number of likely N-dealkylation sites (tertiary alicyclic amines) is 1. The zero-order valence-corrected chi connectivity index (χ0v) is 30.4. The van der Waals surface area contributed by atoms with E-state index in [1.54, 1.807) is 27.9 Å². The monoisotopic (exact) mass is 639 g/mol. The van der Waals surface area contributed by atoms with Crippen LogP contribution in [0.25, 0.3) is 0 Å². The first-order valence-corrected chi connectivity index (χ1v) is 17.3. The van der Waals surface area contributed by atoms with Crippen molar-refractivity contribution < 1.29 is 33.6 Å². The summed E-state index contributed by atoms with van der Waals surface area (Å²) in [7, 11) is 5.53. The van der Waals surface area contributed by atoms with Crippen LogP contribution in [0.3, 0.4) is 0 Å². The van der Waals surface area contributed by atoms with Gasteiger partial charge in [-0.05, 0) is 79.4 Å². The van der Waals surface area contributed by atoms with E-state index in [0.717, 1.165) is 39.1 Å². The minimum Gasteiger partial charge on any atom is -0.463 e. The number of aliphatic hydroxyl groups excluding tert-OH is 1. The predicted molar refractivity (Wildman–Crippen MR) is 176 cm³/mol. The molecule has 3 rings (SSSR count). The number of esters is 1. The smallest absolute Gasteiger partial charge is 0.319 e. The number of hydrogen-bond acceptors (Lipinski definition) is 10. The summed E-state index contributed by atoms with van der Waals surface area (Å²) < 4.78 is 25.2. The van der Waals surface area contributed by atoms with Crippen LogP contribution in [0.15, 0.2) is 0 Å². The Labute approximate surface area is 273 Å². The molecule has 262 valence electrons. The van der Waals surface area contributed by atoms with E-state index in [0.29, 0.717) is 24.7 Å². The molecule has 0 spiro atoms. The summed E-state index contributed by atoms with van der Waals surface area (Å²) in [5, 5.41) is 11.4. The average Bonchev–Trinajstić information content (AvgIpc) is 2.93. The van der Waals surface area contributed by atoms with E-state index < -0.39 is 41.4 Å². The third kappa shape index (κ3) is 9.06. The largest absolute Gasteiger partial charge is 0.463 e. The summed E-state index contributed by atoms with van der Waals surface area (Å²) in [5.74, 6) is -0.360. The van der Waals surface area contributed by atoms with Crippen LogP contribution in [0.1, 0.15) is 81.6 Å². The lowest BCUT2D eigenvalue weighted by atomic mass is 9.74. The van der Waals surface area contributed by atoms with Gasteiger partial charge in [-0.25, -0.2) is 0 Å². The highest BCUT2D eigenvalue weighted by Gasteiger charge is 2.52. The molecule has 0 amide bonds. The highest BCUT2D eigenvalue weighted by molar-refractivity contribution is 6.04. The molecule has 0 aromatic heterocycles. The molecule has 3 heterocycles. The van der Waals surface area contributed by atoms with Crippen LogP contribution in [-0.2, 0) is 28.5 Å². The number of cyclic esters (lactones) is 1. The molecule has 0 aromatic carbocycles. The van der Waals surface area contributed by atoms with Gasteiger partial charge in [-0.2, -0.15) is 0 Å². The molecule has 0 aromatic rings. The van der Waals surface area contributed by atoms with Gasteiger partial charge in [-0.3, -0.25) is 14.5 Å². The summed E-state index contributed by atoms with van der Waals surface area (Å²) in [6, 6.07) is -0.0962. The quantitative estimate of drug-likeness (QED) is 0.297. The zero-order valence-electron chi connectivity index (χ0n) is 30.4. The Balaban J connectivity index is 1.99. The third-order valence-corrected chi connectivity index (χ3v) is 10.4. The first-order valence-electron chi connectivity index (χ1n) is 17.3. The van der Waals surface area contributed by atoms with Crippen molar-refractivity contribution in [3.8, 4) is 0 Å². The predicted octanol–water partition coefficient (Wildman–Crippen LogP) is 3.69. The van der Waals surface area contributed by atoms with Gasteiger partial charge in [0.25, 0.3) is 0 Å². The van der Waals surface area contributed by atoms with Gasteiger partial charge in [0.2, 0.25) is 0 Å². The van der Waals surface area contributed by atoms with E-state index in [2.05, 4.69) is 37.5 Å². The average molecular weight is 640 g/mol. The van der Waals surface area contributed by atoms with E-state index >= 15 is 0 Å². The van der Waals surface area contributed by atoms with Crippen LogP contribution in [-0.4, -0.2) is 134 Å². The SMILES string of the molecule is CCCN1C[C@H](C)C[C@@](C)(OC)[C@H](O[C@@H]2O[C@H](C)C[C@H](N(C)C)[C@H]2O)[C@@H](C)C(=O)C(C)(C)C(=O)OCC1C1CN(CC(C)C)C1. The second-order valence-corrected chi connectivity index (χ2v) is 15.8. The van der Waals surface area contributed by atoms with Crippen LogP contribution < -0.4 is 0 Å². The van der Waals surface area contributed by atoms with Crippen molar-refractivity contribution in [1.29, 1.82) is 0 Å². The fraction of sp³-hybridized carbons (Fsp3) is 0.943. The number of ketones is 1. The number of likely N-dealkylation sites (N-methyl/N-ethyl adjacent to an activating group) is 1. The van der Waals surface area contributed by atoms with Gasteiger partial charge in [-0.1, -0.05) is 34.6 Å². The lowest BCUT2D eigenvalue weighted by Gasteiger charge is -2.48. The maximum absolute atomic E-state index is 14.3. The molecule has 3 aliphatic rings. The highest BCUT2D eigenvalue weighted by atomic mass is 16.7. The van der Waals surface area contributed by atoms with Crippen molar-refractivity contribution in [2.45, 2.75) is 124 Å². The number of carbonyl (C=O) groups is 2. The molecule has 45 heavy (non-hydrogen) atoms. The van der Waals surface area contributed by atoms with Gasteiger partial charge in [-0.15, -0.1) is 0 Å². The number of carbonyl (C=O) groups excluding carboxylic acids is 2. The molecular formula is C35H65N3O7. The molecule has 0 radical (unpaired) electrons. The molecule has 0 saturated carbocycles. The Bertz CT molecular complexity index is 971. The summed E-state index contributed by atoms with van der Waals surface area (Å²) in [4.78, 5) is 35.0. The zero-order chi connectivity index (χ0) is 33.9. The van der Waals surface area contributed by atoms with Crippen LogP contribution >= 0.6 is 0 Å². The minimum absolute atomic E-state index is 0.0694. The van der Waals surface area contributed by atoms with E-state index in [1.807, 2.05) is 32.8 Å². The summed E-state index contributed by atoms with van der Waals surface area (Å²) in [6.07, 6.45) is -0.542. The van der Waals surface area contributed by atoms with Crippen molar-refractivity contribution in [2.24, 2.45) is 29.1 Å². The number of rotatable bonds is 9. The molecule has 0 bridgehead atoms. The number of hydrogen-bond donors (Lipinski definition) is 1. The fourth-order valence-electron chi connectivity index (χ4n) is 7.95.